The molecule has 2 saturated heterocycles. The molecule has 2 aliphatic heterocycles. The summed E-state index contributed by atoms with van der Waals surface area (Å²) in [5, 5.41) is 3.57. The van der Waals surface area contributed by atoms with Crippen molar-refractivity contribution in [2.45, 2.75) is 37.8 Å². The lowest BCUT2D eigenvalue weighted by Crippen LogP contribution is -2.36. The number of nitrogens with zero attached hydrogens (tertiary/aromatic N) is 1. The summed E-state index contributed by atoms with van der Waals surface area (Å²) in [7, 11) is -2.71. The maximum absolute atomic E-state index is 11.4. The van der Waals surface area contributed by atoms with E-state index in [2.05, 4.69) is 10.2 Å². The molecule has 0 aromatic rings. The maximum Gasteiger partial charge on any atom is 0.150 e. The third-order valence-electron chi connectivity index (χ3n) is 4.30. The van der Waals surface area contributed by atoms with E-state index in [9.17, 15) is 8.42 Å². The van der Waals surface area contributed by atoms with Crippen LogP contribution >= 0.6 is 0 Å². The molecule has 0 spiro atoms. The van der Waals surface area contributed by atoms with Crippen LogP contribution in [0.1, 0.15) is 25.7 Å². The fourth-order valence-corrected chi connectivity index (χ4v) is 4.95. The molecule has 1 N–H and O–H groups in total. The van der Waals surface area contributed by atoms with E-state index in [1.54, 1.807) is 0 Å². The molecule has 3 fully saturated rings. The van der Waals surface area contributed by atoms with E-state index in [1.165, 1.54) is 32.4 Å². The van der Waals surface area contributed by atoms with Gasteiger partial charge in [-0.15, -0.1) is 0 Å². The molecule has 5 heteroatoms. The van der Waals surface area contributed by atoms with Gasteiger partial charge in [-0.2, -0.15) is 0 Å². The van der Waals surface area contributed by atoms with Gasteiger partial charge in [0.05, 0.1) is 11.5 Å². The van der Waals surface area contributed by atoms with Gasteiger partial charge in [0.2, 0.25) is 0 Å². The summed E-state index contributed by atoms with van der Waals surface area (Å²) >= 11 is 0. The molecule has 0 aromatic carbocycles. The molecule has 1 aliphatic carbocycles. The molecular weight excluding hydrogens is 236 g/mol. The average Bonchev–Trinajstić information content (AvgIpc) is 2.92. The first-order valence-corrected chi connectivity index (χ1v) is 8.62. The lowest BCUT2D eigenvalue weighted by atomic mass is 10.1. The minimum absolute atomic E-state index is 0.356. The number of hydrogen-bond acceptors (Lipinski definition) is 4. The Labute approximate surface area is 104 Å². The fraction of sp³-hybridized carbons (Fsp3) is 1.00. The van der Waals surface area contributed by atoms with Crippen molar-refractivity contribution in [1.82, 2.24) is 10.2 Å². The van der Waals surface area contributed by atoms with Crippen LogP contribution in [-0.2, 0) is 9.84 Å². The van der Waals surface area contributed by atoms with Gasteiger partial charge in [-0.05, 0) is 38.1 Å². The van der Waals surface area contributed by atoms with E-state index in [1.807, 2.05) is 0 Å². The Morgan fingerprint density at radius 2 is 2.00 bits per heavy atom. The summed E-state index contributed by atoms with van der Waals surface area (Å²) in [6.07, 6.45) is 4.85. The van der Waals surface area contributed by atoms with Gasteiger partial charge in [-0.25, -0.2) is 8.42 Å². The van der Waals surface area contributed by atoms with Gasteiger partial charge in [0.1, 0.15) is 0 Å². The minimum atomic E-state index is -2.71. The predicted octanol–water partition coefficient (Wildman–Crippen LogP) is 0.247. The molecule has 1 saturated carbocycles. The zero-order valence-corrected chi connectivity index (χ0v) is 11.1. The van der Waals surface area contributed by atoms with Crippen molar-refractivity contribution in [3.05, 3.63) is 0 Å². The first kappa shape index (κ1) is 11.9. The van der Waals surface area contributed by atoms with Crippen LogP contribution in [0, 0.1) is 5.92 Å². The second-order valence-corrected chi connectivity index (χ2v) is 8.12. The van der Waals surface area contributed by atoms with Crippen LogP contribution in [0.15, 0.2) is 0 Å². The Hall–Kier alpha value is -0.130. The molecule has 0 aromatic heterocycles. The van der Waals surface area contributed by atoms with Crippen molar-refractivity contribution in [1.29, 1.82) is 0 Å². The molecule has 3 aliphatic rings. The third-order valence-corrected chi connectivity index (χ3v) is 6.14. The average molecular weight is 258 g/mol. The normalized spacial score (nSPS) is 37.6. The van der Waals surface area contributed by atoms with Crippen molar-refractivity contribution in [2.24, 2.45) is 5.92 Å². The second-order valence-electron chi connectivity index (χ2n) is 5.89. The van der Waals surface area contributed by atoms with Crippen molar-refractivity contribution < 1.29 is 8.42 Å². The molecule has 0 radical (unpaired) electrons. The quantitative estimate of drug-likeness (QED) is 0.785. The summed E-state index contributed by atoms with van der Waals surface area (Å²) in [6.45, 7) is 3.29. The molecule has 0 bridgehead atoms. The number of likely N-dealkylation sites (tertiary alicyclic amines) is 1. The lowest BCUT2D eigenvalue weighted by Gasteiger charge is -2.17. The molecule has 2 heterocycles. The minimum Gasteiger partial charge on any atom is -0.312 e. The zero-order chi connectivity index (χ0) is 11.9. The predicted molar refractivity (Wildman–Crippen MR) is 67.8 cm³/mol. The second kappa shape index (κ2) is 4.52. The summed E-state index contributed by atoms with van der Waals surface area (Å²) in [6, 6.07) is 1.47. The van der Waals surface area contributed by atoms with Crippen molar-refractivity contribution >= 4 is 9.84 Å². The van der Waals surface area contributed by atoms with E-state index in [0.29, 0.717) is 23.5 Å². The molecular formula is C12H22N2O2S. The molecule has 3 rings (SSSR count). The van der Waals surface area contributed by atoms with Crippen molar-refractivity contribution in [3.8, 4) is 0 Å². The Kier molecular flexibility index (Phi) is 3.17. The van der Waals surface area contributed by atoms with Crippen LogP contribution in [0.3, 0.4) is 0 Å². The largest absolute Gasteiger partial charge is 0.312 e. The first-order chi connectivity index (χ1) is 8.12. The van der Waals surface area contributed by atoms with Crippen LogP contribution in [0.4, 0.5) is 0 Å². The number of nitrogens with one attached hydrogen (secondary N) is 1. The number of rotatable bonds is 4. The van der Waals surface area contributed by atoms with Gasteiger partial charge < -0.3 is 5.32 Å². The number of sulfone groups is 1. The van der Waals surface area contributed by atoms with Crippen LogP contribution in [0.25, 0.3) is 0 Å². The van der Waals surface area contributed by atoms with E-state index in [4.69, 9.17) is 0 Å². The Balaban J connectivity index is 1.40. The zero-order valence-electron chi connectivity index (χ0n) is 10.3. The Morgan fingerprint density at radius 1 is 1.18 bits per heavy atom. The topological polar surface area (TPSA) is 49.4 Å². The summed E-state index contributed by atoms with van der Waals surface area (Å²) in [5.41, 5.74) is 0. The van der Waals surface area contributed by atoms with E-state index >= 15 is 0 Å². The highest BCUT2D eigenvalue weighted by molar-refractivity contribution is 7.91. The Morgan fingerprint density at radius 3 is 2.65 bits per heavy atom. The van der Waals surface area contributed by atoms with Crippen LogP contribution < -0.4 is 5.32 Å². The smallest absolute Gasteiger partial charge is 0.150 e. The highest BCUT2D eigenvalue weighted by Gasteiger charge is 2.35. The Bertz CT molecular complexity index is 378. The van der Waals surface area contributed by atoms with Crippen molar-refractivity contribution in [3.63, 3.8) is 0 Å². The van der Waals surface area contributed by atoms with Gasteiger partial charge in [0.25, 0.3) is 0 Å². The molecule has 4 nitrogen and oxygen atoms in total. The third kappa shape index (κ3) is 3.01. The van der Waals surface area contributed by atoms with Crippen LogP contribution in [0.2, 0.25) is 0 Å². The monoisotopic (exact) mass is 258 g/mol. The number of hydrogen-bond donors (Lipinski definition) is 1. The SMILES string of the molecule is O=S1(=O)CCC(CNC2CCN(C3CC3)C2)C1. The molecule has 98 valence electrons. The van der Waals surface area contributed by atoms with Gasteiger partial charge >= 0.3 is 0 Å². The van der Waals surface area contributed by atoms with E-state index in [0.717, 1.165) is 19.0 Å². The maximum atomic E-state index is 11.4. The molecule has 2 unspecified atom stereocenters. The van der Waals surface area contributed by atoms with Gasteiger partial charge in [-0.1, -0.05) is 0 Å². The van der Waals surface area contributed by atoms with E-state index < -0.39 is 9.84 Å². The fourth-order valence-electron chi connectivity index (χ4n) is 3.09. The summed E-state index contributed by atoms with van der Waals surface area (Å²) < 4.78 is 22.7. The van der Waals surface area contributed by atoms with Gasteiger partial charge in [-0.3, -0.25) is 4.90 Å². The highest BCUT2D eigenvalue weighted by Crippen LogP contribution is 2.29. The first-order valence-electron chi connectivity index (χ1n) is 6.80. The van der Waals surface area contributed by atoms with Crippen molar-refractivity contribution in [2.75, 3.05) is 31.1 Å². The van der Waals surface area contributed by atoms with E-state index in [-0.39, 0.29) is 0 Å². The van der Waals surface area contributed by atoms with Crippen LogP contribution in [-0.4, -0.2) is 56.5 Å². The highest BCUT2D eigenvalue weighted by atomic mass is 32.2. The van der Waals surface area contributed by atoms with Gasteiger partial charge in [0.15, 0.2) is 9.84 Å². The standard InChI is InChI=1S/C12H22N2O2S/c15-17(16)6-4-10(9-17)7-13-11-3-5-14(8-11)12-1-2-12/h10-13H,1-9H2. The molecule has 17 heavy (non-hydrogen) atoms. The molecule has 0 amide bonds. The summed E-state index contributed by atoms with van der Waals surface area (Å²) in [5.74, 6) is 1.16. The van der Waals surface area contributed by atoms with Crippen LogP contribution in [0.5, 0.6) is 0 Å². The lowest BCUT2D eigenvalue weighted by molar-refractivity contribution is 0.315. The molecule has 2 atom stereocenters. The summed E-state index contributed by atoms with van der Waals surface area (Å²) in [4.78, 5) is 2.59. The van der Waals surface area contributed by atoms with Gasteiger partial charge in [0, 0.05) is 25.2 Å².